The Hall–Kier alpha value is -3.58. The van der Waals surface area contributed by atoms with Crippen molar-refractivity contribution in [2.45, 2.75) is 18.1 Å². The van der Waals surface area contributed by atoms with Crippen LogP contribution in [0, 0.1) is 6.92 Å². The van der Waals surface area contributed by atoms with Crippen LogP contribution in [-0.2, 0) is 4.79 Å². The van der Waals surface area contributed by atoms with Crippen LogP contribution >= 0.6 is 11.8 Å². The molecule has 1 amide bonds. The molecule has 6 nitrogen and oxygen atoms in total. The van der Waals surface area contributed by atoms with Gasteiger partial charge in [-0.1, -0.05) is 72.4 Å². The topological polar surface area (TPSA) is 69.0 Å². The molecular weight excluding hydrogens is 420 g/mol. The molecule has 1 heterocycles. The van der Waals surface area contributed by atoms with Crippen molar-refractivity contribution in [3.8, 4) is 11.4 Å². The van der Waals surface area contributed by atoms with Gasteiger partial charge in [-0.05, 0) is 42.3 Å². The van der Waals surface area contributed by atoms with Gasteiger partial charge in [0.05, 0.1) is 18.9 Å². The van der Waals surface area contributed by atoms with Gasteiger partial charge >= 0.3 is 0 Å². The van der Waals surface area contributed by atoms with Crippen LogP contribution in [0.1, 0.15) is 23.0 Å². The number of nitrogens with zero attached hydrogens (tertiary/aromatic N) is 3. The van der Waals surface area contributed by atoms with Gasteiger partial charge in [0.1, 0.15) is 11.6 Å². The third-order valence-electron chi connectivity index (χ3n) is 5.03. The summed E-state index contributed by atoms with van der Waals surface area (Å²) in [5, 5.41) is 12.3. The quantitative estimate of drug-likeness (QED) is 0.403. The van der Waals surface area contributed by atoms with E-state index in [2.05, 4.69) is 15.5 Å². The molecule has 4 aromatic rings. The molecule has 0 unspecified atom stereocenters. The van der Waals surface area contributed by atoms with Crippen LogP contribution in [0.4, 0.5) is 0 Å². The molecule has 1 N–H and O–H groups in total. The van der Waals surface area contributed by atoms with Crippen molar-refractivity contribution in [2.24, 2.45) is 0 Å². The molecule has 0 atom stereocenters. The first-order valence-corrected chi connectivity index (χ1v) is 11.2. The number of nitrogens with one attached hydrogen (secondary N) is 1. The lowest BCUT2D eigenvalue weighted by Gasteiger charge is -2.20. The maximum absolute atomic E-state index is 12.9. The van der Waals surface area contributed by atoms with Crippen molar-refractivity contribution in [3.63, 3.8) is 0 Å². The van der Waals surface area contributed by atoms with Gasteiger partial charge in [-0.2, -0.15) is 0 Å². The van der Waals surface area contributed by atoms with E-state index in [4.69, 9.17) is 4.74 Å². The fourth-order valence-electron chi connectivity index (χ4n) is 3.45. The molecule has 0 aliphatic heterocycles. The molecule has 3 aromatic carbocycles. The average molecular weight is 445 g/mol. The van der Waals surface area contributed by atoms with Gasteiger partial charge < -0.3 is 10.1 Å². The highest BCUT2D eigenvalue weighted by Gasteiger charge is 2.18. The molecule has 162 valence electrons. The second-order valence-corrected chi connectivity index (χ2v) is 8.12. The minimum absolute atomic E-state index is 0.0744. The monoisotopic (exact) mass is 444 g/mol. The number of amides is 1. The Morgan fingerprint density at radius 1 is 0.938 bits per heavy atom. The van der Waals surface area contributed by atoms with Crippen LogP contribution in [0.15, 0.2) is 90.1 Å². The molecule has 32 heavy (non-hydrogen) atoms. The zero-order valence-corrected chi connectivity index (χ0v) is 18.8. The van der Waals surface area contributed by atoms with Crippen molar-refractivity contribution < 1.29 is 9.53 Å². The molecule has 7 heteroatoms. The number of rotatable bonds is 8. The summed E-state index contributed by atoms with van der Waals surface area (Å²) in [5.41, 5.74) is 2.99. The molecule has 0 aliphatic rings. The summed E-state index contributed by atoms with van der Waals surface area (Å²) < 4.78 is 7.17. The Bertz CT molecular complexity index is 1120. The number of carbonyl (C=O) groups excluding carboxylic acids is 1. The minimum atomic E-state index is -0.216. The summed E-state index contributed by atoms with van der Waals surface area (Å²) in [6.45, 7) is 1.89. The summed E-state index contributed by atoms with van der Waals surface area (Å²) in [5.74, 6) is 1.69. The van der Waals surface area contributed by atoms with Gasteiger partial charge in [0.15, 0.2) is 5.16 Å². The number of aromatic nitrogens is 3. The first-order chi connectivity index (χ1) is 15.7. The van der Waals surface area contributed by atoms with E-state index in [0.29, 0.717) is 5.16 Å². The molecule has 0 saturated heterocycles. The second kappa shape index (κ2) is 10.2. The SMILES string of the molecule is COc1ccc(-n2c(C)nnc2SCC(=O)NC(c2ccccc2)c2ccccc2)cc1. The number of ether oxygens (including phenoxy) is 1. The number of hydrogen-bond acceptors (Lipinski definition) is 5. The molecule has 1 aromatic heterocycles. The van der Waals surface area contributed by atoms with E-state index in [1.54, 1.807) is 7.11 Å². The van der Waals surface area contributed by atoms with E-state index in [9.17, 15) is 4.79 Å². The smallest absolute Gasteiger partial charge is 0.231 e. The highest BCUT2D eigenvalue weighted by molar-refractivity contribution is 7.99. The number of methoxy groups -OCH3 is 1. The van der Waals surface area contributed by atoms with Gasteiger partial charge in [0.25, 0.3) is 0 Å². The first kappa shape index (κ1) is 21.6. The molecule has 0 saturated carbocycles. The predicted molar refractivity (Wildman–Crippen MR) is 126 cm³/mol. The normalized spacial score (nSPS) is 10.8. The largest absolute Gasteiger partial charge is 0.497 e. The summed E-state index contributed by atoms with van der Waals surface area (Å²) in [6, 6.07) is 27.4. The Labute approximate surface area is 191 Å². The molecule has 0 aliphatic carbocycles. The summed E-state index contributed by atoms with van der Waals surface area (Å²) in [4.78, 5) is 12.9. The van der Waals surface area contributed by atoms with Gasteiger partial charge in [0.2, 0.25) is 5.91 Å². The van der Waals surface area contributed by atoms with E-state index in [1.807, 2.05) is 96.4 Å². The van der Waals surface area contributed by atoms with Gasteiger partial charge in [-0.15, -0.1) is 10.2 Å². The van der Waals surface area contributed by atoms with Crippen LogP contribution in [0.25, 0.3) is 5.69 Å². The number of thioether (sulfide) groups is 1. The van der Waals surface area contributed by atoms with Gasteiger partial charge in [-0.25, -0.2) is 0 Å². The van der Waals surface area contributed by atoms with E-state index in [1.165, 1.54) is 11.8 Å². The van der Waals surface area contributed by atoms with Crippen molar-refractivity contribution in [2.75, 3.05) is 12.9 Å². The highest BCUT2D eigenvalue weighted by atomic mass is 32.2. The number of hydrogen-bond donors (Lipinski definition) is 1. The zero-order chi connectivity index (χ0) is 22.3. The third-order valence-corrected chi connectivity index (χ3v) is 5.96. The second-order valence-electron chi connectivity index (χ2n) is 7.17. The Morgan fingerprint density at radius 3 is 2.09 bits per heavy atom. The lowest BCUT2D eigenvalue weighted by molar-refractivity contribution is -0.119. The standard InChI is InChI=1S/C25H24N4O2S/c1-18-27-28-25(29(18)21-13-15-22(31-2)16-14-21)32-17-23(30)26-24(19-9-5-3-6-10-19)20-11-7-4-8-12-20/h3-16,24H,17H2,1-2H3,(H,26,30). The molecule has 0 bridgehead atoms. The van der Waals surface area contributed by atoms with Crippen molar-refractivity contribution in [1.29, 1.82) is 0 Å². The fraction of sp³-hybridized carbons (Fsp3) is 0.160. The maximum Gasteiger partial charge on any atom is 0.231 e. The number of benzene rings is 3. The zero-order valence-electron chi connectivity index (χ0n) is 17.9. The maximum atomic E-state index is 12.9. The Morgan fingerprint density at radius 2 is 1.53 bits per heavy atom. The van der Waals surface area contributed by atoms with Crippen LogP contribution in [0.2, 0.25) is 0 Å². The molecule has 0 spiro atoms. The van der Waals surface area contributed by atoms with Crippen LogP contribution in [-0.4, -0.2) is 33.5 Å². The summed E-state index contributed by atoms with van der Waals surface area (Å²) >= 11 is 1.36. The lowest BCUT2D eigenvalue weighted by atomic mass is 9.99. The van der Waals surface area contributed by atoms with Crippen LogP contribution in [0.3, 0.4) is 0 Å². The lowest BCUT2D eigenvalue weighted by Crippen LogP contribution is -2.30. The van der Waals surface area contributed by atoms with Gasteiger partial charge in [0, 0.05) is 5.69 Å². The highest BCUT2D eigenvalue weighted by Crippen LogP contribution is 2.25. The summed E-state index contributed by atoms with van der Waals surface area (Å²) in [7, 11) is 1.64. The van der Waals surface area contributed by atoms with E-state index < -0.39 is 0 Å². The molecule has 4 rings (SSSR count). The van der Waals surface area contributed by atoms with Crippen molar-refractivity contribution >= 4 is 17.7 Å². The van der Waals surface area contributed by atoms with Crippen LogP contribution < -0.4 is 10.1 Å². The third kappa shape index (κ3) is 5.00. The van der Waals surface area contributed by atoms with Crippen LogP contribution in [0.5, 0.6) is 5.75 Å². The molecule has 0 radical (unpaired) electrons. The fourth-order valence-corrected chi connectivity index (χ4v) is 4.26. The van der Waals surface area contributed by atoms with Crippen molar-refractivity contribution in [3.05, 3.63) is 102 Å². The van der Waals surface area contributed by atoms with Crippen molar-refractivity contribution in [1.82, 2.24) is 20.1 Å². The minimum Gasteiger partial charge on any atom is -0.497 e. The first-order valence-electron chi connectivity index (χ1n) is 10.2. The van der Waals surface area contributed by atoms with E-state index in [0.717, 1.165) is 28.4 Å². The Balaban J connectivity index is 1.49. The van der Waals surface area contributed by atoms with E-state index in [-0.39, 0.29) is 17.7 Å². The average Bonchev–Trinajstić information content (AvgIpc) is 3.22. The summed E-state index contributed by atoms with van der Waals surface area (Å²) in [6.07, 6.45) is 0. The van der Waals surface area contributed by atoms with E-state index >= 15 is 0 Å². The molecular formula is C25H24N4O2S. The predicted octanol–water partition coefficient (Wildman–Crippen LogP) is 4.58. The Kier molecular flexibility index (Phi) is 6.87. The number of carbonyl (C=O) groups is 1. The number of aryl methyl sites for hydroxylation is 1. The molecule has 0 fully saturated rings. The van der Waals surface area contributed by atoms with Gasteiger partial charge in [-0.3, -0.25) is 9.36 Å².